The van der Waals surface area contributed by atoms with Gasteiger partial charge in [-0.3, -0.25) is 4.79 Å². The molecule has 0 fully saturated rings. The average Bonchev–Trinajstić information content (AvgIpc) is 2.80. The molecule has 0 bridgehead atoms. The Morgan fingerprint density at radius 1 is 1.00 bits per heavy atom. The van der Waals surface area contributed by atoms with E-state index in [4.69, 9.17) is 9.47 Å². The Balaban J connectivity index is 2.01. The molecular weight excluding hydrogens is 240 g/mol. The van der Waals surface area contributed by atoms with Crippen LogP contribution in [0.25, 0.3) is 0 Å². The van der Waals surface area contributed by atoms with Gasteiger partial charge in [0, 0.05) is 12.0 Å². The third-order valence-electron chi connectivity index (χ3n) is 3.28. The minimum absolute atomic E-state index is 0.176. The van der Waals surface area contributed by atoms with Crippen LogP contribution in [0.3, 0.4) is 0 Å². The van der Waals surface area contributed by atoms with Gasteiger partial charge in [0.1, 0.15) is 5.75 Å². The fraction of sp³-hybridized carbons (Fsp3) is 0.188. The van der Waals surface area contributed by atoms with Gasteiger partial charge in [-0.05, 0) is 36.2 Å². The summed E-state index contributed by atoms with van der Waals surface area (Å²) in [7, 11) is 1.61. The molecule has 0 aliphatic heterocycles. The lowest BCUT2D eigenvalue weighted by Gasteiger charge is -2.12. The zero-order valence-corrected chi connectivity index (χ0v) is 10.7. The Hall–Kier alpha value is -2.29. The van der Waals surface area contributed by atoms with Gasteiger partial charge in [-0.2, -0.15) is 0 Å². The summed E-state index contributed by atoms with van der Waals surface area (Å²) in [4.78, 5) is 11.8. The van der Waals surface area contributed by atoms with E-state index in [1.807, 2.05) is 36.4 Å². The fourth-order valence-electron chi connectivity index (χ4n) is 2.31. The van der Waals surface area contributed by atoms with Crippen molar-refractivity contribution in [3.63, 3.8) is 0 Å². The Morgan fingerprint density at radius 3 is 2.53 bits per heavy atom. The number of ketones is 1. The van der Waals surface area contributed by atoms with Gasteiger partial charge < -0.3 is 9.47 Å². The first-order valence-corrected chi connectivity index (χ1v) is 6.25. The Kier molecular flexibility index (Phi) is 2.95. The molecule has 0 N–H and O–H groups in total. The van der Waals surface area contributed by atoms with Crippen molar-refractivity contribution in [3.05, 3.63) is 53.6 Å². The molecule has 3 rings (SSSR count). The summed E-state index contributed by atoms with van der Waals surface area (Å²) in [6.45, 7) is 0. The molecule has 0 unspecified atom stereocenters. The first kappa shape index (κ1) is 11.8. The third kappa shape index (κ3) is 2.19. The van der Waals surface area contributed by atoms with E-state index >= 15 is 0 Å². The number of carbonyl (C=O) groups excluding carboxylic acids is 1. The second kappa shape index (κ2) is 4.76. The van der Waals surface area contributed by atoms with E-state index in [9.17, 15) is 4.79 Å². The molecule has 0 radical (unpaired) electrons. The molecule has 0 atom stereocenters. The highest BCUT2D eigenvalue weighted by Gasteiger charge is 2.22. The maximum Gasteiger partial charge on any atom is 0.170 e. The SMILES string of the molecule is COc1cc2c(cc1Oc1ccccc1)C(=O)CC2. The Labute approximate surface area is 111 Å². The van der Waals surface area contributed by atoms with Crippen molar-refractivity contribution in [2.75, 3.05) is 7.11 Å². The topological polar surface area (TPSA) is 35.5 Å². The molecular formula is C16H14O3. The Morgan fingerprint density at radius 2 is 1.79 bits per heavy atom. The van der Waals surface area contributed by atoms with Crippen molar-refractivity contribution in [2.24, 2.45) is 0 Å². The third-order valence-corrected chi connectivity index (χ3v) is 3.28. The summed E-state index contributed by atoms with van der Waals surface area (Å²) >= 11 is 0. The Bertz CT molecular complexity index is 617. The summed E-state index contributed by atoms with van der Waals surface area (Å²) in [6.07, 6.45) is 1.36. The van der Waals surface area contributed by atoms with Crippen LogP contribution in [-0.4, -0.2) is 12.9 Å². The summed E-state index contributed by atoms with van der Waals surface area (Å²) in [5.41, 5.74) is 1.80. The molecule has 3 nitrogen and oxygen atoms in total. The minimum atomic E-state index is 0.176. The maximum absolute atomic E-state index is 11.8. The molecule has 0 spiro atoms. The van der Waals surface area contributed by atoms with Gasteiger partial charge in [0.05, 0.1) is 7.11 Å². The van der Waals surface area contributed by atoms with Gasteiger partial charge in [0.15, 0.2) is 17.3 Å². The monoisotopic (exact) mass is 254 g/mol. The van der Waals surface area contributed by atoms with Crippen molar-refractivity contribution >= 4 is 5.78 Å². The molecule has 96 valence electrons. The lowest BCUT2D eigenvalue weighted by molar-refractivity contribution is 0.0994. The van der Waals surface area contributed by atoms with Crippen LogP contribution in [0.5, 0.6) is 17.2 Å². The fourth-order valence-corrected chi connectivity index (χ4v) is 2.31. The second-order valence-corrected chi connectivity index (χ2v) is 4.50. The van der Waals surface area contributed by atoms with Gasteiger partial charge in [-0.1, -0.05) is 18.2 Å². The number of carbonyl (C=O) groups is 1. The molecule has 0 saturated carbocycles. The predicted molar refractivity (Wildman–Crippen MR) is 72.2 cm³/mol. The number of methoxy groups -OCH3 is 1. The van der Waals surface area contributed by atoms with Gasteiger partial charge in [-0.25, -0.2) is 0 Å². The molecule has 19 heavy (non-hydrogen) atoms. The van der Waals surface area contributed by atoms with Crippen LogP contribution >= 0.6 is 0 Å². The van der Waals surface area contributed by atoms with Crippen LogP contribution < -0.4 is 9.47 Å². The van der Waals surface area contributed by atoms with Gasteiger partial charge in [0.2, 0.25) is 0 Å². The standard InChI is InChI=1S/C16H14O3/c1-18-15-9-11-7-8-14(17)13(11)10-16(15)19-12-5-3-2-4-6-12/h2-6,9-10H,7-8H2,1H3. The van der Waals surface area contributed by atoms with E-state index in [0.717, 1.165) is 23.3 Å². The normalized spacial score (nSPS) is 13.2. The summed E-state index contributed by atoms with van der Waals surface area (Å²) in [5.74, 6) is 2.15. The quantitative estimate of drug-likeness (QED) is 0.839. The summed E-state index contributed by atoms with van der Waals surface area (Å²) in [6, 6.07) is 13.2. The summed E-state index contributed by atoms with van der Waals surface area (Å²) in [5, 5.41) is 0. The molecule has 0 aromatic heterocycles. The van der Waals surface area contributed by atoms with Crippen LogP contribution in [0, 0.1) is 0 Å². The van der Waals surface area contributed by atoms with E-state index < -0.39 is 0 Å². The molecule has 0 amide bonds. The molecule has 0 heterocycles. The van der Waals surface area contributed by atoms with E-state index in [1.54, 1.807) is 13.2 Å². The number of benzene rings is 2. The summed E-state index contributed by atoms with van der Waals surface area (Å²) < 4.78 is 11.1. The highest BCUT2D eigenvalue weighted by Crippen LogP contribution is 2.37. The molecule has 3 heteroatoms. The molecule has 0 saturated heterocycles. The first-order chi connectivity index (χ1) is 9.28. The van der Waals surface area contributed by atoms with Crippen LogP contribution in [0.1, 0.15) is 22.3 Å². The van der Waals surface area contributed by atoms with Crippen LogP contribution in [0.2, 0.25) is 0 Å². The number of ether oxygens (including phenoxy) is 2. The van der Waals surface area contributed by atoms with Crippen molar-refractivity contribution in [2.45, 2.75) is 12.8 Å². The smallest absolute Gasteiger partial charge is 0.170 e. The highest BCUT2D eigenvalue weighted by molar-refractivity contribution is 6.01. The van der Waals surface area contributed by atoms with Crippen molar-refractivity contribution < 1.29 is 14.3 Å². The molecule has 1 aliphatic carbocycles. The number of aryl methyl sites for hydroxylation is 1. The van der Waals surface area contributed by atoms with Gasteiger partial charge >= 0.3 is 0 Å². The highest BCUT2D eigenvalue weighted by atomic mass is 16.5. The zero-order valence-electron chi connectivity index (χ0n) is 10.7. The zero-order chi connectivity index (χ0) is 13.2. The number of fused-ring (bicyclic) bond motifs is 1. The molecule has 2 aromatic rings. The van der Waals surface area contributed by atoms with Crippen LogP contribution in [0.4, 0.5) is 0 Å². The van der Waals surface area contributed by atoms with E-state index in [-0.39, 0.29) is 5.78 Å². The lowest BCUT2D eigenvalue weighted by Crippen LogP contribution is -1.96. The van der Waals surface area contributed by atoms with Gasteiger partial charge in [-0.15, -0.1) is 0 Å². The first-order valence-electron chi connectivity index (χ1n) is 6.25. The maximum atomic E-state index is 11.8. The minimum Gasteiger partial charge on any atom is -0.493 e. The van der Waals surface area contributed by atoms with Crippen molar-refractivity contribution in [1.29, 1.82) is 0 Å². The molecule has 1 aliphatic rings. The number of Topliss-reactive ketones (excluding diaryl/α,β-unsaturated/α-hetero) is 1. The molecule has 2 aromatic carbocycles. The second-order valence-electron chi connectivity index (χ2n) is 4.50. The largest absolute Gasteiger partial charge is 0.493 e. The number of rotatable bonds is 3. The van der Waals surface area contributed by atoms with E-state index in [1.165, 1.54) is 0 Å². The number of hydrogen-bond donors (Lipinski definition) is 0. The van der Waals surface area contributed by atoms with Crippen molar-refractivity contribution in [3.8, 4) is 17.2 Å². The van der Waals surface area contributed by atoms with E-state index in [0.29, 0.717) is 17.9 Å². The van der Waals surface area contributed by atoms with Crippen LogP contribution in [0.15, 0.2) is 42.5 Å². The van der Waals surface area contributed by atoms with Crippen LogP contribution in [-0.2, 0) is 6.42 Å². The van der Waals surface area contributed by atoms with Gasteiger partial charge in [0.25, 0.3) is 0 Å². The van der Waals surface area contributed by atoms with Crippen molar-refractivity contribution in [1.82, 2.24) is 0 Å². The average molecular weight is 254 g/mol. The number of para-hydroxylation sites is 1. The van der Waals surface area contributed by atoms with E-state index in [2.05, 4.69) is 0 Å². The number of hydrogen-bond acceptors (Lipinski definition) is 3. The lowest BCUT2D eigenvalue weighted by atomic mass is 10.1. The predicted octanol–water partition coefficient (Wildman–Crippen LogP) is 3.62.